The highest BCUT2D eigenvalue weighted by molar-refractivity contribution is 14.1. The van der Waals surface area contributed by atoms with Crippen molar-refractivity contribution in [1.29, 1.82) is 0 Å². The maximum Gasteiger partial charge on any atom is 0.322 e. The number of nitrogens with zero attached hydrogens (tertiary/aromatic N) is 2. The van der Waals surface area contributed by atoms with Crippen molar-refractivity contribution in [3.63, 3.8) is 0 Å². The van der Waals surface area contributed by atoms with Crippen LogP contribution in [0.3, 0.4) is 0 Å². The highest BCUT2D eigenvalue weighted by atomic mass is 127. The van der Waals surface area contributed by atoms with Crippen LogP contribution in [0.25, 0.3) is 0 Å². The van der Waals surface area contributed by atoms with Crippen LogP contribution in [0.5, 0.6) is 5.75 Å². The average Bonchev–Trinajstić information content (AvgIpc) is 2.68. The normalized spacial score (nSPS) is 10.2. The van der Waals surface area contributed by atoms with E-state index in [0.29, 0.717) is 15.0 Å². The van der Waals surface area contributed by atoms with Crippen LogP contribution in [-0.2, 0) is 0 Å². The van der Waals surface area contributed by atoms with Gasteiger partial charge in [-0.3, -0.25) is 10.1 Å². The fourth-order valence-electron chi connectivity index (χ4n) is 1.17. The Bertz CT molecular complexity index is 568. The molecule has 2 N–H and O–H groups in total. The van der Waals surface area contributed by atoms with E-state index in [-0.39, 0.29) is 11.8 Å². The van der Waals surface area contributed by atoms with E-state index in [0.717, 1.165) is 0 Å². The van der Waals surface area contributed by atoms with Crippen molar-refractivity contribution in [3.8, 4) is 5.75 Å². The number of aromatic hydroxyl groups is 1. The van der Waals surface area contributed by atoms with Gasteiger partial charge in [0.25, 0.3) is 5.91 Å². The second-order valence-corrected chi connectivity index (χ2v) is 4.41. The highest BCUT2D eigenvalue weighted by Gasteiger charge is 2.11. The number of aryl methyl sites for hydroxylation is 1. The molecule has 0 fully saturated rings. The molecule has 0 aliphatic rings. The predicted molar refractivity (Wildman–Crippen MR) is 67.8 cm³/mol. The van der Waals surface area contributed by atoms with Gasteiger partial charge in [0.2, 0.25) is 5.89 Å². The van der Waals surface area contributed by atoms with Gasteiger partial charge >= 0.3 is 6.01 Å². The van der Waals surface area contributed by atoms with Gasteiger partial charge in [-0.15, -0.1) is 5.10 Å². The zero-order valence-electron chi connectivity index (χ0n) is 8.77. The van der Waals surface area contributed by atoms with E-state index < -0.39 is 5.91 Å². The number of halogens is 1. The molecule has 1 heterocycles. The molecule has 6 nitrogen and oxygen atoms in total. The van der Waals surface area contributed by atoms with Gasteiger partial charge in [-0.2, -0.15) is 0 Å². The minimum Gasteiger partial charge on any atom is -0.507 e. The topological polar surface area (TPSA) is 88.2 Å². The Morgan fingerprint density at radius 3 is 2.82 bits per heavy atom. The number of anilines is 1. The van der Waals surface area contributed by atoms with E-state index in [1.54, 1.807) is 19.1 Å². The standard InChI is InChI=1S/C10H8IN3O3/c1-5-13-14-10(17-5)12-9(16)6-2-3-7(11)8(15)4-6/h2-4,15H,1H3,(H,12,14,16). The van der Waals surface area contributed by atoms with Gasteiger partial charge in [0.1, 0.15) is 5.75 Å². The zero-order chi connectivity index (χ0) is 12.4. The lowest BCUT2D eigenvalue weighted by atomic mass is 10.2. The van der Waals surface area contributed by atoms with Crippen molar-refractivity contribution in [2.75, 3.05) is 5.32 Å². The Morgan fingerprint density at radius 1 is 1.47 bits per heavy atom. The summed E-state index contributed by atoms with van der Waals surface area (Å²) in [6, 6.07) is 4.65. The third-order valence-corrected chi connectivity index (χ3v) is 2.87. The second-order valence-electron chi connectivity index (χ2n) is 3.25. The summed E-state index contributed by atoms with van der Waals surface area (Å²) in [7, 11) is 0. The van der Waals surface area contributed by atoms with Crippen molar-refractivity contribution >= 4 is 34.5 Å². The van der Waals surface area contributed by atoms with Gasteiger partial charge in [0, 0.05) is 12.5 Å². The van der Waals surface area contributed by atoms with E-state index in [9.17, 15) is 9.90 Å². The summed E-state index contributed by atoms with van der Waals surface area (Å²) in [6.45, 7) is 1.62. The zero-order valence-corrected chi connectivity index (χ0v) is 10.9. The van der Waals surface area contributed by atoms with Crippen LogP contribution in [0.4, 0.5) is 6.01 Å². The Hall–Kier alpha value is -1.64. The van der Waals surface area contributed by atoms with Gasteiger partial charge in [-0.05, 0) is 40.8 Å². The first-order valence-corrected chi connectivity index (χ1v) is 5.74. The first-order valence-electron chi connectivity index (χ1n) is 4.66. The smallest absolute Gasteiger partial charge is 0.322 e. The molecule has 0 bridgehead atoms. The Balaban J connectivity index is 2.17. The fourth-order valence-corrected chi connectivity index (χ4v) is 1.51. The molecule has 17 heavy (non-hydrogen) atoms. The lowest BCUT2D eigenvalue weighted by Crippen LogP contribution is -2.12. The van der Waals surface area contributed by atoms with Crippen LogP contribution in [0.1, 0.15) is 16.2 Å². The molecule has 7 heteroatoms. The summed E-state index contributed by atoms with van der Waals surface area (Å²) in [6.07, 6.45) is 0. The van der Waals surface area contributed by atoms with Gasteiger partial charge in [0.15, 0.2) is 0 Å². The predicted octanol–water partition coefficient (Wildman–Crippen LogP) is 1.94. The van der Waals surface area contributed by atoms with Crippen LogP contribution in [0, 0.1) is 10.5 Å². The van der Waals surface area contributed by atoms with E-state index in [4.69, 9.17) is 4.42 Å². The van der Waals surface area contributed by atoms with Crippen molar-refractivity contribution in [2.24, 2.45) is 0 Å². The van der Waals surface area contributed by atoms with Gasteiger partial charge < -0.3 is 9.52 Å². The van der Waals surface area contributed by atoms with Crippen LogP contribution in [0.15, 0.2) is 22.6 Å². The number of carbonyl (C=O) groups is 1. The van der Waals surface area contributed by atoms with E-state index in [1.807, 2.05) is 22.6 Å². The van der Waals surface area contributed by atoms with Gasteiger partial charge in [0.05, 0.1) is 3.57 Å². The van der Waals surface area contributed by atoms with Gasteiger partial charge in [-0.1, -0.05) is 5.10 Å². The molecule has 2 rings (SSSR count). The molecule has 0 spiro atoms. The number of phenolic OH excluding ortho intramolecular Hbond substituents is 1. The highest BCUT2D eigenvalue weighted by Crippen LogP contribution is 2.21. The summed E-state index contributed by atoms with van der Waals surface area (Å²) < 4.78 is 5.69. The van der Waals surface area contributed by atoms with Crippen molar-refractivity contribution in [1.82, 2.24) is 10.2 Å². The number of carbonyl (C=O) groups excluding carboxylic acids is 1. The van der Waals surface area contributed by atoms with Crippen LogP contribution >= 0.6 is 22.6 Å². The molecule has 1 aromatic heterocycles. The summed E-state index contributed by atoms with van der Waals surface area (Å²) in [5, 5.41) is 19.1. The number of hydrogen-bond donors (Lipinski definition) is 2. The largest absolute Gasteiger partial charge is 0.507 e. The molecule has 0 aliphatic heterocycles. The third kappa shape index (κ3) is 2.73. The molecule has 2 aromatic rings. The van der Waals surface area contributed by atoms with Crippen molar-refractivity contribution in [2.45, 2.75) is 6.92 Å². The fraction of sp³-hybridized carbons (Fsp3) is 0.100. The molecule has 0 aliphatic carbocycles. The van der Waals surface area contributed by atoms with Crippen molar-refractivity contribution < 1.29 is 14.3 Å². The van der Waals surface area contributed by atoms with Crippen LogP contribution < -0.4 is 5.32 Å². The third-order valence-electron chi connectivity index (χ3n) is 1.95. The number of hydrogen-bond acceptors (Lipinski definition) is 5. The molecule has 0 radical (unpaired) electrons. The average molecular weight is 345 g/mol. The number of nitrogens with one attached hydrogen (secondary N) is 1. The molecule has 1 aromatic carbocycles. The first-order chi connectivity index (χ1) is 8.06. The van der Waals surface area contributed by atoms with E-state index >= 15 is 0 Å². The monoisotopic (exact) mass is 345 g/mol. The molecule has 0 atom stereocenters. The van der Waals surface area contributed by atoms with Crippen molar-refractivity contribution in [3.05, 3.63) is 33.2 Å². The number of aromatic nitrogens is 2. The Labute approximate surface area is 110 Å². The molecule has 88 valence electrons. The Morgan fingerprint density at radius 2 is 2.24 bits per heavy atom. The number of phenols is 1. The number of benzene rings is 1. The maximum atomic E-state index is 11.7. The number of amides is 1. The van der Waals surface area contributed by atoms with Crippen LogP contribution in [-0.4, -0.2) is 21.2 Å². The molecule has 0 saturated heterocycles. The van der Waals surface area contributed by atoms with Crippen LogP contribution in [0.2, 0.25) is 0 Å². The minimum absolute atomic E-state index is 0.0329. The Kier molecular flexibility index (Phi) is 3.27. The minimum atomic E-state index is -0.416. The quantitative estimate of drug-likeness (QED) is 0.813. The molecule has 0 unspecified atom stereocenters. The molecule has 0 saturated carbocycles. The maximum absolute atomic E-state index is 11.7. The lowest BCUT2D eigenvalue weighted by Gasteiger charge is -2.02. The molecular formula is C10H8IN3O3. The first kappa shape index (κ1) is 11.8. The SMILES string of the molecule is Cc1nnc(NC(=O)c2ccc(I)c(O)c2)o1. The summed E-state index contributed by atoms with van der Waals surface area (Å²) in [5.41, 5.74) is 0.318. The summed E-state index contributed by atoms with van der Waals surface area (Å²) in [5.74, 6) is 0.00562. The molecular weight excluding hydrogens is 337 g/mol. The second kappa shape index (κ2) is 4.70. The summed E-state index contributed by atoms with van der Waals surface area (Å²) >= 11 is 1.97. The lowest BCUT2D eigenvalue weighted by molar-refractivity contribution is 0.102. The van der Waals surface area contributed by atoms with E-state index in [2.05, 4.69) is 15.5 Å². The number of rotatable bonds is 2. The molecule has 1 amide bonds. The summed E-state index contributed by atoms with van der Waals surface area (Å²) in [4.78, 5) is 11.7. The van der Waals surface area contributed by atoms with Gasteiger partial charge in [-0.25, -0.2) is 0 Å². The van der Waals surface area contributed by atoms with E-state index in [1.165, 1.54) is 6.07 Å².